The van der Waals surface area contributed by atoms with E-state index in [1.807, 2.05) is 0 Å². The molecule has 0 aliphatic rings. The molecule has 0 aliphatic carbocycles. The highest BCUT2D eigenvalue weighted by molar-refractivity contribution is 9.11. The lowest BCUT2D eigenvalue weighted by molar-refractivity contribution is 0.463. The van der Waals surface area contributed by atoms with Gasteiger partial charge in [0.25, 0.3) is 0 Å². The van der Waals surface area contributed by atoms with Crippen molar-refractivity contribution in [3.05, 3.63) is 51.3 Å². The Morgan fingerprint density at radius 2 is 2.00 bits per heavy atom. The van der Waals surface area contributed by atoms with Gasteiger partial charge in [0.15, 0.2) is 0 Å². The molecule has 0 spiro atoms. The molecule has 4 nitrogen and oxygen atoms in total. The normalized spacial score (nSPS) is 12.0. The van der Waals surface area contributed by atoms with Crippen LogP contribution in [-0.2, 0) is 16.6 Å². The Bertz CT molecular complexity index is 668. The van der Waals surface area contributed by atoms with Crippen LogP contribution in [0, 0.1) is 0 Å². The first-order valence-electron chi connectivity index (χ1n) is 5.34. The Hall–Kier alpha value is -0.630. The number of hydrogen-bond donors (Lipinski definition) is 0. The highest BCUT2D eigenvalue weighted by Crippen LogP contribution is 2.28. The predicted octanol–water partition coefficient (Wildman–Crippen LogP) is 3.63. The maximum absolute atomic E-state index is 12.5. The van der Waals surface area contributed by atoms with Gasteiger partial charge < -0.3 is 4.42 Å². The average Bonchev–Trinajstić information content (AvgIpc) is 2.85. The van der Waals surface area contributed by atoms with E-state index in [0.29, 0.717) is 8.95 Å². The van der Waals surface area contributed by atoms with Crippen molar-refractivity contribution >= 4 is 41.9 Å². The molecule has 0 radical (unpaired) electrons. The number of hydrogen-bond acceptors (Lipinski definition) is 3. The summed E-state index contributed by atoms with van der Waals surface area (Å²) >= 11 is 6.55. The van der Waals surface area contributed by atoms with Crippen LogP contribution in [0.25, 0.3) is 0 Å². The SMILES string of the molecule is CN(Cc1ccoc1)S(=O)(=O)c1cc(Br)ccc1Br. The summed E-state index contributed by atoms with van der Waals surface area (Å²) in [6.07, 6.45) is 3.05. The fourth-order valence-electron chi connectivity index (χ4n) is 1.57. The van der Waals surface area contributed by atoms with E-state index in [1.54, 1.807) is 24.3 Å². The number of furan rings is 1. The molecule has 7 heteroatoms. The van der Waals surface area contributed by atoms with Gasteiger partial charge in [-0.3, -0.25) is 0 Å². The monoisotopic (exact) mass is 407 g/mol. The molecule has 19 heavy (non-hydrogen) atoms. The van der Waals surface area contributed by atoms with Crippen LogP contribution in [0.5, 0.6) is 0 Å². The van der Waals surface area contributed by atoms with Crippen molar-refractivity contribution < 1.29 is 12.8 Å². The summed E-state index contributed by atoms with van der Waals surface area (Å²) in [4.78, 5) is 0.230. The molecular weight excluding hydrogens is 398 g/mol. The van der Waals surface area contributed by atoms with Crippen molar-refractivity contribution in [3.63, 3.8) is 0 Å². The number of benzene rings is 1. The van der Waals surface area contributed by atoms with E-state index in [-0.39, 0.29) is 11.4 Å². The second-order valence-electron chi connectivity index (χ2n) is 3.97. The molecule has 0 saturated heterocycles. The summed E-state index contributed by atoms with van der Waals surface area (Å²) in [6.45, 7) is 0.262. The van der Waals surface area contributed by atoms with E-state index in [2.05, 4.69) is 31.9 Å². The maximum Gasteiger partial charge on any atom is 0.244 e. The van der Waals surface area contributed by atoms with Gasteiger partial charge in [-0.2, -0.15) is 4.31 Å². The molecule has 0 unspecified atom stereocenters. The molecular formula is C12H11Br2NO3S. The van der Waals surface area contributed by atoms with Crippen LogP contribution < -0.4 is 0 Å². The third kappa shape index (κ3) is 3.28. The van der Waals surface area contributed by atoms with Gasteiger partial charge in [0.2, 0.25) is 10.0 Å². The summed E-state index contributed by atoms with van der Waals surface area (Å²) < 4.78 is 32.4. The van der Waals surface area contributed by atoms with Crippen molar-refractivity contribution in [2.45, 2.75) is 11.4 Å². The first-order chi connectivity index (χ1) is 8.91. The van der Waals surface area contributed by atoms with Crippen molar-refractivity contribution in [1.82, 2.24) is 4.31 Å². The summed E-state index contributed by atoms with van der Waals surface area (Å²) in [7, 11) is -2.02. The van der Waals surface area contributed by atoms with Gasteiger partial charge in [-0.15, -0.1) is 0 Å². The lowest BCUT2D eigenvalue weighted by Gasteiger charge is -2.17. The second kappa shape index (κ2) is 5.78. The van der Waals surface area contributed by atoms with Crippen LogP contribution in [0.4, 0.5) is 0 Å². The molecule has 1 aromatic heterocycles. The Kier molecular flexibility index (Phi) is 4.50. The standard InChI is InChI=1S/C12H11Br2NO3S/c1-15(7-9-4-5-18-8-9)19(16,17)12-6-10(13)2-3-11(12)14/h2-6,8H,7H2,1H3. The highest BCUT2D eigenvalue weighted by atomic mass is 79.9. The number of nitrogens with zero attached hydrogens (tertiary/aromatic N) is 1. The van der Waals surface area contributed by atoms with Crippen LogP contribution >= 0.6 is 31.9 Å². The molecule has 0 saturated carbocycles. The van der Waals surface area contributed by atoms with Gasteiger partial charge in [-0.1, -0.05) is 15.9 Å². The third-order valence-corrected chi connectivity index (χ3v) is 5.86. The average molecular weight is 409 g/mol. The smallest absolute Gasteiger partial charge is 0.244 e. The van der Waals surface area contributed by atoms with Crippen LogP contribution in [0.3, 0.4) is 0 Å². The van der Waals surface area contributed by atoms with Crippen LogP contribution in [0.15, 0.2) is 55.0 Å². The molecule has 0 atom stereocenters. The molecule has 1 heterocycles. The number of sulfonamides is 1. The van der Waals surface area contributed by atoms with Crippen molar-refractivity contribution in [2.24, 2.45) is 0 Å². The maximum atomic E-state index is 12.5. The fraction of sp³-hybridized carbons (Fsp3) is 0.167. The third-order valence-electron chi connectivity index (χ3n) is 2.57. The highest BCUT2D eigenvalue weighted by Gasteiger charge is 2.24. The van der Waals surface area contributed by atoms with Gasteiger partial charge >= 0.3 is 0 Å². The molecule has 2 rings (SSSR count). The van der Waals surface area contributed by atoms with Gasteiger partial charge in [0.1, 0.15) is 0 Å². The van der Waals surface area contributed by atoms with Gasteiger partial charge in [0.05, 0.1) is 17.4 Å². The van der Waals surface area contributed by atoms with Crippen LogP contribution in [0.2, 0.25) is 0 Å². The zero-order valence-electron chi connectivity index (χ0n) is 10.0. The van der Waals surface area contributed by atoms with Crippen LogP contribution in [-0.4, -0.2) is 19.8 Å². The molecule has 0 amide bonds. The van der Waals surface area contributed by atoms with E-state index < -0.39 is 10.0 Å². The van der Waals surface area contributed by atoms with Gasteiger partial charge in [0, 0.05) is 28.1 Å². The molecule has 0 N–H and O–H groups in total. The van der Waals surface area contributed by atoms with Gasteiger partial charge in [-0.05, 0) is 40.2 Å². The summed E-state index contributed by atoms with van der Waals surface area (Å²) in [5.41, 5.74) is 0.803. The molecule has 102 valence electrons. The first kappa shape index (κ1) is 14.8. The molecule has 0 bridgehead atoms. The van der Waals surface area contributed by atoms with E-state index in [9.17, 15) is 8.42 Å². The van der Waals surface area contributed by atoms with Crippen LogP contribution in [0.1, 0.15) is 5.56 Å². The topological polar surface area (TPSA) is 50.5 Å². The largest absolute Gasteiger partial charge is 0.472 e. The Morgan fingerprint density at radius 1 is 1.26 bits per heavy atom. The second-order valence-corrected chi connectivity index (χ2v) is 7.75. The van der Waals surface area contributed by atoms with E-state index in [4.69, 9.17) is 4.42 Å². The van der Waals surface area contributed by atoms with Crippen molar-refractivity contribution in [3.8, 4) is 0 Å². The minimum Gasteiger partial charge on any atom is -0.472 e. The van der Waals surface area contributed by atoms with Gasteiger partial charge in [-0.25, -0.2) is 8.42 Å². The van der Waals surface area contributed by atoms with E-state index in [1.165, 1.54) is 23.9 Å². The van der Waals surface area contributed by atoms with Crippen molar-refractivity contribution in [1.29, 1.82) is 0 Å². The fourth-order valence-corrected chi connectivity index (χ4v) is 4.19. The molecule has 0 fully saturated rings. The molecule has 0 aliphatic heterocycles. The van der Waals surface area contributed by atoms with E-state index in [0.717, 1.165) is 5.56 Å². The number of rotatable bonds is 4. The first-order valence-corrected chi connectivity index (χ1v) is 8.36. The Morgan fingerprint density at radius 3 is 2.63 bits per heavy atom. The quantitative estimate of drug-likeness (QED) is 0.776. The zero-order valence-corrected chi connectivity index (χ0v) is 14.0. The summed E-state index contributed by atoms with van der Waals surface area (Å²) in [5.74, 6) is 0. The predicted molar refractivity (Wildman–Crippen MR) is 79.2 cm³/mol. The summed E-state index contributed by atoms with van der Waals surface area (Å²) in [5, 5.41) is 0. The molecule has 2 aromatic rings. The lowest BCUT2D eigenvalue weighted by Crippen LogP contribution is -2.26. The Labute approximate surface area is 128 Å². The number of halogens is 2. The minimum atomic E-state index is -3.55. The minimum absolute atomic E-state index is 0.230. The summed E-state index contributed by atoms with van der Waals surface area (Å²) in [6, 6.07) is 6.79. The van der Waals surface area contributed by atoms with E-state index >= 15 is 0 Å². The lowest BCUT2D eigenvalue weighted by atomic mass is 10.3. The molecule has 1 aromatic carbocycles. The van der Waals surface area contributed by atoms with Crippen molar-refractivity contribution in [2.75, 3.05) is 7.05 Å². The Balaban J connectivity index is 2.33. The zero-order chi connectivity index (χ0) is 14.0.